The molecule has 1 amide bonds. The molecule has 24 heavy (non-hydrogen) atoms. The molecule has 0 aliphatic carbocycles. The van der Waals surface area contributed by atoms with Crippen LogP contribution in [0, 0.1) is 0 Å². The number of fused-ring (bicyclic) bond motifs is 1. The van der Waals surface area contributed by atoms with E-state index in [1.807, 2.05) is 0 Å². The molecule has 8 heteroatoms. The highest BCUT2D eigenvalue weighted by atomic mass is 35.5. The summed E-state index contributed by atoms with van der Waals surface area (Å²) in [4.78, 5) is 24.0. The van der Waals surface area contributed by atoms with E-state index in [1.54, 1.807) is 0 Å². The minimum absolute atomic E-state index is 0.195. The van der Waals surface area contributed by atoms with Gasteiger partial charge in [-0.1, -0.05) is 11.6 Å². The average molecular weight is 358 g/mol. The highest BCUT2D eigenvalue weighted by molar-refractivity contribution is 6.32. The number of hydrogen-bond acceptors (Lipinski definition) is 6. The molecule has 7 nitrogen and oxygen atoms in total. The molecular formula is C16H20ClNO6. The maximum Gasteiger partial charge on any atom is 0.339 e. The van der Waals surface area contributed by atoms with E-state index in [1.165, 1.54) is 26.2 Å². The second-order valence-corrected chi connectivity index (χ2v) is 5.57. The van der Waals surface area contributed by atoms with E-state index in [4.69, 9.17) is 30.5 Å². The van der Waals surface area contributed by atoms with Crippen LogP contribution in [0.4, 0.5) is 0 Å². The Balaban J connectivity index is 2.03. The van der Waals surface area contributed by atoms with Crippen LogP contribution in [0.2, 0.25) is 5.02 Å². The molecule has 0 saturated heterocycles. The van der Waals surface area contributed by atoms with Crippen molar-refractivity contribution in [2.24, 2.45) is 0 Å². The third kappa shape index (κ3) is 4.75. The Labute approximate surface area is 145 Å². The topological polar surface area (TPSA) is 83.1 Å². The second-order valence-electron chi connectivity index (χ2n) is 5.17. The van der Waals surface area contributed by atoms with Gasteiger partial charge in [0.05, 0.1) is 30.4 Å². The van der Waals surface area contributed by atoms with Gasteiger partial charge in [0.15, 0.2) is 17.6 Å². The number of rotatable bonds is 6. The number of amides is 1. The van der Waals surface area contributed by atoms with Crippen molar-refractivity contribution < 1.29 is 28.5 Å². The van der Waals surface area contributed by atoms with Crippen LogP contribution in [0.15, 0.2) is 12.1 Å². The molecule has 1 heterocycles. The average Bonchev–Trinajstić information content (AvgIpc) is 2.80. The standard InChI is InChI=1S/C16H20ClNO6/c1-10(15(19)18-4-7-21-2)24-16(20)11-8-12(17)14-13(9-11)22-5-3-6-23-14/h8-10H,3-7H2,1-2H3,(H,18,19)/t10-/m0/s1. The summed E-state index contributed by atoms with van der Waals surface area (Å²) in [6, 6.07) is 2.94. The molecule has 0 aromatic heterocycles. The predicted molar refractivity (Wildman–Crippen MR) is 86.8 cm³/mol. The van der Waals surface area contributed by atoms with E-state index in [2.05, 4.69) is 5.32 Å². The van der Waals surface area contributed by atoms with Gasteiger partial charge in [0.1, 0.15) is 0 Å². The molecule has 0 unspecified atom stereocenters. The number of carbonyl (C=O) groups is 2. The zero-order valence-electron chi connectivity index (χ0n) is 13.6. The van der Waals surface area contributed by atoms with Gasteiger partial charge in [-0.3, -0.25) is 4.79 Å². The molecule has 1 atom stereocenters. The lowest BCUT2D eigenvalue weighted by Crippen LogP contribution is -2.37. The largest absolute Gasteiger partial charge is 0.489 e. The summed E-state index contributed by atoms with van der Waals surface area (Å²) in [6.07, 6.45) is -0.215. The smallest absolute Gasteiger partial charge is 0.339 e. The summed E-state index contributed by atoms with van der Waals surface area (Å²) >= 11 is 6.14. The summed E-state index contributed by atoms with van der Waals surface area (Å²) in [7, 11) is 1.53. The summed E-state index contributed by atoms with van der Waals surface area (Å²) in [6.45, 7) is 3.18. The molecule has 1 N–H and O–H groups in total. The first kappa shape index (κ1) is 18.4. The Bertz CT molecular complexity index is 606. The number of hydrogen-bond donors (Lipinski definition) is 1. The van der Waals surface area contributed by atoms with E-state index in [-0.39, 0.29) is 10.6 Å². The number of methoxy groups -OCH3 is 1. The molecule has 1 aromatic rings. The minimum Gasteiger partial charge on any atom is -0.489 e. The number of esters is 1. The van der Waals surface area contributed by atoms with Crippen molar-refractivity contribution in [3.8, 4) is 11.5 Å². The van der Waals surface area contributed by atoms with Gasteiger partial charge < -0.3 is 24.3 Å². The first-order chi connectivity index (χ1) is 11.5. The fraction of sp³-hybridized carbons (Fsp3) is 0.500. The van der Waals surface area contributed by atoms with E-state index in [0.29, 0.717) is 37.9 Å². The number of ether oxygens (including phenoxy) is 4. The fourth-order valence-corrected chi connectivity index (χ4v) is 2.32. The predicted octanol–water partition coefficient (Wildman–Crippen LogP) is 1.81. The molecule has 2 rings (SSSR count). The first-order valence-corrected chi connectivity index (χ1v) is 7.97. The molecule has 0 bridgehead atoms. The molecular weight excluding hydrogens is 338 g/mol. The number of nitrogens with one attached hydrogen (secondary N) is 1. The van der Waals surface area contributed by atoms with Crippen molar-refractivity contribution in [1.82, 2.24) is 5.32 Å². The second kappa shape index (κ2) is 8.75. The Morgan fingerprint density at radius 2 is 2.08 bits per heavy atom. The molecule has 0 spiro atoms. The lowest BCUT2D eigenvalue weighted by Gasteiger charge is -2.15. The molecule has 0 saturated carbocycles. The van der Waals surface area contributed by atoms with Crippen LogP contribution in [0.3, 0.4) is 0 Å². The van der Waals surface area contributed by atoms with Gasteiger partial charge in [-0.05, 0) is 19.1 Å². The Morgan fingerprint density at radius 1 is 1.33 bits per heavy atom. The maximum absolute atomic E-state index is 12.2. The van der Waals surface area contributed by atoms with Crippen LogP contribution < -0.4 is 14.8 Å². The summed E-state index contributed by atoms with van der Waals surface area (Å²) < 4.78 is 21.0. The van der Waals surface area contributed by atoms with Crippen LogP contribution in [-0.2, 0) is 14.3 Å². The van der Waals surface area contributed by atoms with Crippen molar-refractivity contribution in [2.45, 2.75) is 19.4 Å². The van der Waals surface area contributed by atoms with Gasteiger partial charge in [-0.25, -0.2) is 4.79 Å². The van der Waals surface area contributed by atoms with Gasteiger partial charge in [-0.2, -0.15) is 0 Å². The zero-order valence-corrected chi connectivity index (χ0v) is 14.4. The molecule has 132 valence electrons. The quantitative estimate of drug-likeness (QED) is 0.617. The maximum atomic E-state index is 12.2. The van der Waals surface area contributed by atoms with Crippen molar-refractivity contribution in [3.05, 3.63) is 22.7 Å². The lowest BCUT2D eigenvalue weighted by molar-refractivity contribution is -0.129. The van der Waals surface area contributed by atoms with Crippen LogP contribution in [0.25, 0.3) is 0 Å². The SMILES string of the molecule is COCCNC(=O)[C@H](C)OC(=O)c1cc(Cl)c2c(c1)OCCCO2. The van der Waals surface area contributed by atoms with Crippen LogP contribution in [0.5, 0.6) is 11.5 Å². The minimum atomic E-state index is -0.941. The summed E-state index contributed by atoms with van der Waals surface area (Å²) in [5, 5.41) is 2.86. The van der Waals surface area contributed by atoms with E-state index < -0.39 is 18.0 Å². The number of carbonyl (C=O) groups excluding carboxylic acids is 2. The number of halogens is 1. The van der Waals surface area contributed by atoms with Crippen LogP contribution >= 0.6 is 11.6 Å². The van der Waals surface area contributed by atoms with Gasteiger partial charge in [-0.15, -0.1) is 0 Å². The molecule has 0 fully saturated rings. The lowest BCUT2D eigenvalue weighted by atomic mass is 10.2. The highest BCUT2D eigenvalue weighted by Crippen LogP contribution is 2.38. The molecule has 1 aromatic carbocycles. The van der Waals surface area contributed by atoms with Crippen molar-refractivity contribution in [1.29, 1.82) is 0 Å². The monoisotopic (exact) mass is 357 g/mol. The van der Waals surface area contributed by atoms with Crippen LogP contribution in [-0.4, -0.2) is 51.5 Å². The van der Waals surface area contributed by atoms with Crippen molar-refractivity contribution >= 4 is 23.5 Å². The van der Waals surface area contributed by atoms with E-state index in [0.717, 1.165) is 6.42 Å². The van der Waals surface area contributed by atoms with Gasteiger partial charge >= 0.3 is 5.97 Å². The van der Waals surface area contributed by atoms with Gasteiger partial charge in [0.25, 0.3) is 5.91 Å². The first-order valence-electron chi connectivity index (χ1n) is 7.59. The summed E-state index contributed by atoms with van der Waals surface area (Å²) in [5.74, 6) is -0.261. The molecule has 1 aliphatic rings. The molecule has 1 aliphatic heterocycles. The third-order valence-electron chi connectivity index (χ3n) is 3.30. The van der Waals surface area contributed by atoms with E-state index in [9.17, 15) is 9.59 Å². The van der Waals surface area contributed by atoms with Gasteiger partial charge in [0.2, 0.25) is 0 Å². The Kier molecular flexibility index (Phi) is 6.69. The zero-order chi connectivity index (χ0) is 17.5. The Morgan fingerprint density at radius 3 is 2.83 bits per heavy atom. The number of benzene rings is 1. The normalized spacial score (nSPS) is 14.5. The summed E-state index contributed by atoms with van der Waals surface area (Å²) in [5.41, 5.74) is 0.195. The van der Waals surface area contributed by atoms with Crippen molar-refractivity contribution in [2.75, 3.05) is 33.5 Å². The Hall–Kier alpha value is -1.99. The van der Waals surface area contributed by atoms with Crippen molar-refractivity contribution in [3.63, 3.8) is 0 Å². The molecule has 0 radical (unpaired) electrons. The fourth-order valence-electron chi connectivity index (χ4n) is 2.05. The van der Waals surface area contributed by atoms with E-state index >= 15 is 0 Å². The van der Waals surface area contributed by atoms with Crippen LogP contribution in [0.1, 0.15) is 23.7 Å². The highest BCUT2D eigenvalue weighted by Gasteiger charge is 2.22. The third-order valence-corrected chi connectivity index (χ3v) is 3.58. The van der Waals surface area contributed by atoms with Gasteiger partial charge in [0, 0.05) is 20.1 Å².